The second-order valence-corrected chi connectivity index (χ2v) is 6.09. The zero-order valence-electron chi connectivity index (χ0n) is 13.8. The summed E-state index contributed by atoms with van der Waals surface area (Å²) in [6.45, 7) is 1.83. The molecule has 0 spiro atoms. The van der Waals surface area contributed by atoms with Crippen LogP contribution in [0.25, 0.3) is 11.0 Å². The smallest absolute Gasteiger partial charge is 0.315 e. The molecular formula is C19H19FN2O3. The van der Waals surface area contributed by atoms with E-state index >= 15 is 0 Å². The molecule has 3 rings (SSSR count). The number of amides is 2. The SMILES string of the molecule is C[C@](O)(CNC(=O)NCc1ccc(F)cc1)c1cc2ccccc2o1. The number of hydrogen-bond donors (Lipinski definition) is 3. The second kappa shape index (κ2) is 6.94. The average Bonchev–Trinajstić information content (AvgIpc) is 3.05. The molecule has 0 aliphatic heterocycles. The summed E-state index contributed by atoms with van der Waals surface area (Å²) in [5, 5.41) is 16.7. The van der Waals surface area contributed by atoms with Crippen LogP contribution in [-0.2, 0) is 12.1 Å². The Morgan fingerprint density at radius 2 is 1.88 bits per heavy atom. The number of carbonyl (C=O) groups is 1. The zero-order chi connectivity index (χ0) is 17.9. The van der Waals surface area contributed by atoms with Crippen LogP contribution in [0.1, 0.15) is 18.2 Å². The molecule has 2 aromatic carbocycles. The van der Waals surface area contributed by atoms with Gasteiger partial charge >= 0.3 is 6.03 Å². The van der Waals surface area contributed by atoms with Crippen molar-refractivity contribution in [3.8, 4) is 0 Å². The molecule has 0 saturated carbocycles. The molecule has 1 aromatic heterocycles. The van der Waals surface area contributed by atoms with Gasteiger partial charge in [0.2, 0.25) is 0 Å². The third kappa shape index (κ3) is 4.16. The van der Waals surface area contributed by atoms with Crippen LogP contribution in [0, 0.1) is 5.82 Å². The van der Waals surface area contributed by atoms with Crippen LogP contribution in [0.15, 0.2) is 59.0 Å². The Morgan fingerprint density at radius 1 is 1.16 bits per heavy atom. The summed E-state index contributed by atoms with van der Waals surface area (Å²) in [7, 11) is 0. The van der Waals surface area contributed by atoms with Crippen LogP contribution in [0.4, 0.5) is 9.18 Å². The maximum Gasteiger partial charge on any atom is 0.315 e. The number of fused-ring (bicyclic) bond motifs is 1. The summed E-state index contributed by atoms with van der Waals surface area (Å²) in [5.41, 5.74) is 0.116. The van der Waals surface area contributed by atoms with Crippen LogP contribution in [-0.4, -0.2) is 17.7 Å². The van der Waals surface area contributed by atoms with Crippen LogP contribution < -0.4 is 10.6 Å². The van der Waals surface area contributed by atoms with E-state index in [1.807, 2.05) is 24.3 Å². The van der Waals surface area contributed by atoms with E-state index in [1.54, 1.807) is 25.1 Å². The van der Waals surface area contributed by atoms with Crippen molar-refractivity contribution >= 4 is 17.0 Å². The van der Waals surface area contributed by atoms with Gasteiger partial charge in [-0.15, -0.1) is 0 Å². The Labute approximate surface area is 144 Å². The molecule has 5 nitrogen and oxygen atoms in total. The minimum absolute atomic E-state index is 0.0118. The molecule has 1 heterocycles. The molecule has 130 valence electrons. The Balaban J connectivity index is 1.55. The molecule has 0 fully saturated rings. The monoisotopic (exact) mass is 342 g/mol. The van der Waals surface area contributed by atoms with E-state index in [4.69, 9.17) is 4.42 Å². The van der Waals surface area contributed by atoms with Gasteiger partial charge in [0.15, 0.2) is 0 Å². The van der Waals surface area contributed by atoms with Gasteiger partial charge in [-0.25, -0.2) is 9.18 Å². The topological polar surface area (TPSA) is 74.5 Å². The summed E-state index contributed by atoms with van der Waals surface area (Å²) in [5.74, 6) is 0.0580. The maximum absolute atomic E-state index is 12.8. The molecule has 0 aliphatic carbocycles. The van der Waals surface area contributed by atoms with Gasteiger partial charge in [-0.2, -0.15) is 0 Å². The summed E-state index contributed by atoms with van der Waals surface area (Å²) >= 11 is 0. The van der Waals surface area contributed by atoms with Crippen molar-refractivity contribution in [1.29, 1.82) is 0 Å². The normalized spacial score (nSPS) is 13.4. The number of para-hydroxylation sites is 1. The molecule has 0 aliphatic rings. The van der Waals surface area contributed by atoms with E-state index in [1.165, 1.54) is 12.1 Å². The predicted octanol–water partition coefficient (Wildman–Crippen LogP) is 3.28. The van der Waals surface area contributed by atoms with E-state index in [2.05, 4.69) is 10.6 Å². The lowest BCUT2D eigenvalue weighted by Gasteiger charge is -2.21. The van der Waals surface area contributed by atoms with E-state index in [0.717, 1.165) is 10.9 Å². The fourth-order valence-electron chi connectivity index (χ4n) is 2.43. The molecular weight excluding hydrogens is 323 g/mol. The molecule has 0 unspecified atom stereocenters. The largest absolute Gasteiger partial charge is 0.458 e. The van der Waals surface area contributed by atoms with Crippen molar-refractivity contribution in [3.63, 3.8) is 0 Å². The van der Waals surface area contributed by atoms with Crippen molar-refractivity contribution in [2.75, 3.05) is 6.54 Å². The molecule has 2 amide bonds. The number of benzene rings is 2. The lowest BCUT2D eigenvalue weighted by atomic mass is 10.0. The molecule has 1 atom stereocenters. The third-order valence-electron chi connectivity index (χ3n) is 3.92. The first-order valence-electron chi connectivity index (χ1n) is 7.92. The quantitative estimate of drug-likeness (QED) is 0.666. The van der Waals surface area contributed by atoms with Crippen LogP contribution >= 0.6 is 0 Å². The molecule has 3 aromatic rings. The maximum atomic E-state index is 12.8. The summed E-state index contributed by atoms with van der Waals surface area (Å²) in [6, 6.07) is 14.6. The Bertz CT molecular complexity index is 839. The average molecular weight is 342 g/mol. The fourth-order valence-corrected chi connectivity index (χ4v) is 2.43. The number of furan rings is 1. The summed E-state index contributed by atoms with van der Waals surface area (Å²) in [4.78, 5) is 11.9. The number of aliphatic hydroxyl groups is 1. The first-order chi connectivity index (χ1) is 11.9. The minimum atomic E-state index is -1.34. The molecule has 0 saturated heterocycles. The Morgan fingerprint density at radius 3 is 2.60 bits per heavy atom. The van der Waals surface area contributed by atoms with Gasteiger partial charge in [0.25, 0.3) is 0 Å². The first-order valence-corrected chi connectivity index (χ1v) is 7.92. The number of halogens is 1. The molecule has 3 N–H and O–H groups in total. The van der Waals surface area contributed by atoms with Gasteiger partial charge in [0.1, 0.15) is 22.8 Å². The van der Waals surface area contributed by atoms with Crippen LogP contribution in [0.2, 0.25) is 0 Å². The van der Waals surface area contributed by atoms with Gasteiger partial charge in [0.05, 0.1) is 6.54 Å². The number of carbonyl (C=O) groups excluding carboxylic acids is 1. The van der Waals surface area contributed by atoms with E-state index in [9.17, 15) is 14.3 Å². The second-order valence-electron chi connectivity index (χ2n) is 6.09. The number of hydrogen-bond acceptors (Lipinski definition) is 3. The van der Waals surface area contributed by atoms with Crippen molar-refractivity contribution in [1.82, 2.24) is 10.6 Å². The Hall–Kier alpha value is -2.86. The van der Waals surface area contributed by atoms with Gasteiger partial charge in [-0.1, -0.05) is 30.3 Å². The predicted molar refractivity (Wildman–Crippen MR) is 92.4 cm³/mol. The highest BCUT2D eigenvalue weighted by molar-refractivity contribution is 5.78. The number of rotatable bonds is 5. The number of urea groups is 1. The standard InChI is InChI=1S/C19H19FN2O3/c1-19(24,17-10-14-4-2-3-5-16(14)25-17)12-22-18(23)21-11-13-6-8-15(20)9-7-13/h2-10,24H,11-12H2,1H3,(H2,21,22,23)/t19-/m0/s1. The molecule has 25 heavy (non-hydrogen) atoms. The van der Waals surface area contributed by atoms with Gasteiger partial charge in [-0.05, 0) is 36.8 Å². The highest BCUT2D eigenvalue weighted by atomic mass is 19.1. The van der Waals surface area contributed by atoms with Crippen molar-refractivity contribution in [2.24, 2.45) is 0 Å². The highest BCUT2D eigenvalue weighted by Crippen LogP contribution is 2.27. The lowest BCUT2D eigenvalue weighted by Crippen LogP contribution is -2.43. The molecule has 6 heteroatoms. The minimum Gasteiger partial charge on any atom is -0.458 e. The molecule has 0 bridgehead atoms. The summed E-state index contributed by atoms with van der Waals surface area (Å²) < 4.78 is 18.5. The van der Waals surface area contributed by atoms with Crippen molar-refractivity contribution < 1.29 is 18.7 Å². The number of nitrogens with one attached hydrogen (secondary N) is 2. The van der Waals surface area contributed by atoms with Crippen molar-refractivity contribution in [3.05, 3.63) is 71.7 Å². The van der Waals surface area contributed by atoms with Gasteiger partial charge in [-0.3, -0.25) is 0 Å². The van der Waals surface area contributed by atoms with E-state index in [0.29, 0.717) is 11.3 Å². The van der Waals surface area contributed by atoms with Crippen LogP contribution in [0.3, 0.4) is 0 Å². The van der Waals surface area contributed by atoms with Crippen molar-refractivity contribution in [2.45, 2.75) is 19.1 Å². The molecule has 0 radical (unpaired) electrons. The first kappa shape index (κ1) is 17.0. The fraction of sp³-hybridized carbons (Fsp3) is 0.211. The zero-order valence-corrected chi connectivity index (χ0v) is 13.8. The third-order valence-corrected chi connectivity index (χ3v) is 3.92. The van der Waals surface area contributed by atoms with Gasteiger partial charge in [0, 0.05) is 11.9 Å². The summed E-state index contributed by atoms with van der Waals surface area (Å²) in [6.07, 6.45) is 0. The van der Waals surface area contributed by atoms with Crippen LogP contribution in [0.5, 0.6) is 0 Å². The lowest BCUT2D eigenvalue weighted by molar-refractivity contribution is 0.0383. The Kier molecular flexibility index (Phi) is 4.72. The highest BCUT2D eigenvalue weighted by Gasteiger charge is 2.28. The van der Waals surface area contributed by atoms with E-state index < -0.39 is 11.6 Å². The van der Waals surface area contributed by atoms with Gasteiger partial charge < -0.3 is 20.2 Å². The van der Waals surface area contributed by atoms with E-state index in [-0.39, 0.29) is 18.9 Å².